The fourth-order valence-electron chi connectivity index (χ4n) is 2.56. The standard InChI is InChI=1S/C15H23N3O3S/c1-3-6-17-12(19)9-18-7-5-10-11(8-18)22-14(16)13(10)15(20)21-4-2/h3-9,16H2,1-2H3,(H,17,19). The Labute approximate surface area is 134 Å². The molecule has 1 amide bonds. The van der Waals surface area contributed by atoms with Crippen LogP contribution in [0.2, 0.25) is 0 Å². The van der Waals surface area contributed by atoms with Gasteiger partial charge in [-0.15, -0.1) is 11.3 Å². The third-order valence-corrected chi connectivity index (χ3v) is 4.63. The van der Waals surface area contributed by atoms with Crippen molar-refractivity contribution < 1.29 is 14.3 Å². The van der Waals surface area contributed by atoms with Crippen molar-refractivity contribution in [1.82, 2.24) is 10.2 Å². The Balaban J connectivity index is 2.04. The van der Waals surface area contributed by atoms with Crippen LogP contribution in [-0.2, 0) is 22.5 Å². The van der Waals surface area contributed by atoms with Crippen molar-refractivity contribution in [2.24, 2.45) is 0 Å². The van der Waals surface area contributed by atoms with Crippen molar-refractivity contribution in [3.05, 3.63) is 16.0 Å². The summed E-state index contributed by atoms with van der Waals surface area (Å²) in [6.07, 6.45) is 1.65. The Bertz CT molecular complexity index is 556. The monoisotopic (exact) mass is 325 g/mol. The maximum atomic E-state index is 12.0. The van der Waals surface area contributed by atoms with E-state index in [1.54, 1.807) is 6.92 Å². The maximum Gasteiger partial charge on any atom is 0.341 e. The van der Waals surface area contributed by atoms with Crippen LogP contribution in [0.1, 0.15) is 41.1 Å². The number of ether oxygens (including phenoxy) is 1. The smallest absolute Gasteiger partial charge is 0.341 e. The van der Waals surface area contributed by atoms with E-state index in [0.29, 0.717) is 36.8 Å². The summed E-state index contributed by atoms with van der Waals surface area (Å²) in [6, 6.07) is 0. The Morgan fingerprint density at radius 1 is 1.41 bits per heavy atom. The Morgan fingerprint density at radius 3 is 2.86 bits per heavy atom. The lowest BCUT2D eigenvalue weighted by Gasteiger charge is -2.26. The molecule has 0 spiro atoms. The molecule has 1 aromatic rings. The fourth-order valence-corrected chi connectivity index (χ4v) is 3.71. The van der Waals surface area contributed by atoms with E-state index in [2.05, 4.69) is 10.2 Å². The van der Waals surface area contributed by atoms with E-state index in [-0.39, 0.29) is 11.9 Å². The molecule has 1 aromatic heterocycles. The third kappa shape index (κ3) is 3.78. The van der Waals surface area contributed by atoms with Crippen LogP contribution >= 0.6 is 11.3 Å². The van der Waals surface area contributed by atoms with Crippen LogP contribution in [0.5, 0.6) is 0 Å². The Kier molecular flexibility index (Phi) is 5.79. The fraction of sp³-hybridized carbons (Fsp3) is 0.600. The second-order valence-electron chi connectivity index (χ2n) is 5.27. The minimum atomic E-state index is -0.341. The first-order valence-corrected chi connectivity index (χ1v) is 8.44. The normalized spacial score (nSPS) is 14.5. The number of fused-ring (bicyclic) bond motifs is 1. The number of rotatable bonds is 6. The number of hydrogen-bond acceptors (Lipinski definition) is 6. The molecule has 0 unspecified atom stereocenters. The summed E-state index contributed by atoms with van der Waals surface area (Å²) >= 11 is 1.42. The minimum Gasteiger partial charge on any atom is -0.462 e. The van der Waals surface area contributed by atoms with E-state index in [1.165, 1.54) is 11.3 Å². The average Bonchev–Trinajstić information content (AvgIpc) is 2.80. The van der Waals surface area contributed by atoms with Crippen LogP contribution in [0.3, 0.4) is 0 Å². The second-order valence-corrected chi connectivity index (χ2v) is 6.41. The van der Waals surface area contributed by atoms with Crippen LogP contribution in [0.25, 0.3) is 0 Å². The maximum absolute atomic E-state index is 12.0. The number of carbonyl (C=O) groups is 2. The number of nitrogens with one attached hydrogen (secondary N) is 1. The van der Waals surface area contributed by atoms with Gasteiger partial charge in [0, 0.05) is 24.5 Å². The molecule has 2 rings (SSSR count). The molecule has 0 saturated carbocycles. The topological polar surface area (TPSA) is 84.7 Å². The lowest BCUT2D eigenvalue weighted by Crippen LogP contribution is -2.39. The Hall–Kier alpha value is -1.60. The zero-order valence-electron chi connectivity index (χ0n) is 13.1. The van der Waals surface area contributed by atoms with E-state index in [1.807, 2.05) is 6.92 Å². The van der Waals surface area contributed by atoms with E-state index < -0.39 is 0 Å². The highest BCUT2D eigenvalue weighted by Gasteiger charge is 2.28. The number of amides is 1. The molecule has 0 aromatic carbocycles. The molecule has 7 heteroatoms. The molecular weight excluding hydrogens is 302 g/mol. The predicted molar refractivity (Wildman–Crippen MR) is 87.0 cm³/mol. The summed E-state index contributed by atoms with van der Waals surface area (Å²) in [5.41, 5.74) is 7.50. The van der Waals surface area contributed by atoms with E-state index in [9.17, 15) is 9.59 Å². The first kappa shape index (κ1) is 16.8. The minimum absolute atomic E-state index is 0.0421. The zero-order chi connectivity index (χ0) is 16.1. The molecule has 6 nitrogen and oxygen atoms in total. The van der Waals surface area contributed by atoms with Gasteiger partial charge in [0.15, 0.2) is 0 Å². The molecule has 1 aliphatic rings. The van der Waals surface area contributed by atoms with Gasteiger partial charge in [-0.1, -0.05) is 6.92 Å². The lowest BCUT2D eigenvalue weighted by atomic mass is 10.0. The van der Waals surface area contributed by atoms with E-state index in [0.717, 1.165) is 29.8 Å². The lowest BCUT2D eigenvalue weighted by molar-refractivity contribution is -0.122. The molecule has 0 saturated heterocycles. The highest BCUT2D eigenvalue weighted by molar-refractivity contribution is 7.16. The summed E-state index contributed by atoms with van der Waals surface area (Å²) in [4.78, 5) is 26.9. The molecule has 2 heterocycles. The van der Waals surface area contributed by atoms with Crippen molar-refractivity contribution in [1.29, 1.82) is 0 Å². The second kappa shape index (κ2) is 7.60. The zero-order valence-corrected chi connectivity index (χ0v) is 13.9. The van der Waals surface area contributed by atoms with Gasteiger partial charge in [0.1, 0.15) is 5.00 Å². The predicted octanol–water partition coefficient (Wildman–Crippen LogP) is 1.39. The van der Waals surface area contributed by atoms with Gasteiger partial charge in [-0.25, -0.2) is 4.79 Å². The largest absolute Gasteiger partial charge is 0.462 e. The molecule has 22 heavy (non-hydrogen) atoms. The highest BCUT2D eigenvalue weighted by atomic mass is 32.1. The molecule has 0 aliphatic carbocycles. The number of carbonyl (C=O) groups excluding carboxylic acids is 2. The number of anilines is 1. The van der Waals surface area contributed by atoms with Crippen molar-refractivity contribution in [3.63, 3.8) is 0 Å². The first-order valence-electron chi connectivity index (χ1n) is 7.63. The van der Waals surface area contributed by atoms with Gasteiger partial charge in [-0.05, 0) is 25.3 Å². The van der Waals surface area contributed by atoms with E-state index >= 15 is 0 Å². The quantitative estimate of drug-likeness (QED) is 0.772. The summed E-state index contributed by atoms with van der Waals surface area (Å²) < 4.78 is 5.08. The van der Waals surface area contributed by atoms with E-state index in [4.69, 9.17) is 10.5 Å². The van der Waals surface area contributed by atoms with Crippen molar-refractivity contribution in [3.8, 4) is 0 Å². The van der Waals surface area contributed by atoms with Gasteiger partial charge in [0.2, 0.25) is 5.91 Å². The molecule has 0 fully saturated rings. The summed E-state index contributed by atoms with van der Waals surface area (Å²) in [5.74, 6) is -0.299. The van der Waals surface area contributed by atoms with Gasteiger partial charge in [-0.2, -0.15) is 0 Å². The molecule has 3 N–H and O–H groups in total. The number of nitrogens with two attached hydrogens (primary N) is 1. The van der Waals surface area contributed by atoms with Gasteiger partial charge >= 0.3 is 5.97 Å². The van der Waals surface area contributed by atoms with Crippen LogP contribution in [0.15, 0.2) is 0 Å². The summed E-state index contributed by atoms with van der Waals surface area (Å²) in [6.45, 7) is 6.64. The number of esters is 1. The average molecular weight is 325 g/mol. The number of hydrogen-bond donors (Lipinski definition) is 2. The molecule has 0 atom stereocenters. The number of nitrogen functional groups attached to an aromatic ring is 1. The summed E-state index contributed by atoms with van der Waals surface area (Å²) in [7, 11) is 0. The molecule has 1 aliphatic heterocycles. The molecule has 122 valence electrons. The molecule has 0 bridgehead atoms. The Morgan fingerprint density at radius 2 is 2.18 bits per heavy atom. The van der Waals surface area contributed by atoms with Gasteiger partial charge in [0.05, 0.1) is 18.7 Å². The van der Waals surface area contributed by atoms with Crippen LogP contribution in [0.4, 0.5) is 5.00 Å². The van der Waals surface area contributed by atoms with Crippen molar-refractivity contribution in [2.75, 3.05) is 32.0 Å². The van der Waals surface area contributed by atoms with Crippen molar-refractivity contribution >= 4 is 28.2 Å². The van der Waals surface area contributed by atoms with Crippen LogP contribution in [0, 0.1) is 0 Å². The van der Waals surface area contributed by atoms with Crippen LogP contribution in [-0.4, -0.2) is 43.0 Å². The SMILES string of the molecule is CCCNC(=O)CN1CCc2c(sc(N)c2C(=O)OCC)C1. The summed E-state index contributed by atoms with van der Waals surface area (Å²) in [5, 5.41) is 3.39. The first-order chi connectivity index (χ1) is 10.6. The highest BCUT2D eigenvalue weighted by Crippen LogP contribution is 2.35. The van der Waals surface area contributed by atoms with Crippen LogP contribution < -0.4 is 11.1 Å². The molecule has 0 radical (unpaired) electrons. The van der Waals surface area contributed by atoms with Gasteiger partial charge < -0.3 is 15.8 Å². The number of nitrogens with zero attached hydrogens (tertiary/aromatic N) is 1. The number of thiophene rings is 1. The van der Waals surface area contributed by atoms with Gasteiger partial charge in [0.25, 0.3) is 0 Å². The van der Waals surface area contributed by atoms with Gasteiger partial charge in [-0.3, -0.25) is 9.69 Å². The third-order valence-electron chi connectivity index (χ3n) is 3.58. The molecular formula is C15H23N3O3S. The van der Waals surface area contributed by atoms with Crippen molar-refractivity contribution in [2.45, 2.75) is 33.2 Å².